The Morgan fingerprint density at radius 2 is 1.59 bits per heavy atom. The molecular formula is C20H21NO6. The van der Waals surface area contributed by atoms with Gasteiger partial charge in [-0.05, 0) is 18.1 Å². The van der Waals surface area contributed by atoms with E-state index in [1.54, 1.807) is 24.3 Å². The number of benzene rings is 2. The molecule has 0 aromatic heterocycles. The summed E-state index contributed by atoms with van der Waals surface area (Å²) in [5.41, 5.74) is 7.24. The maximum atomic E-state index is 12.3. The van der Waals surface area contributed by atoms with Gasteiger partial charge in [-0.2, -0.15) is 0 Å². The fourth-order valence-corrected chi connectivity index (χ4v) is 2.30. The predicted molar refractivity (Wildman–Crippen MR) is 96.6 cm³/mol. The summed E-state index contributed by atoms with van der Waals surface area (Å²) in [5.74, 6) is -2.28. The van der Waals surface area contributed by atoms with Gasteiger partial charge in [0, 0.05) is 12.0 Å². The van der Waals surface area contributed by atoms with Crippen LogP contribution in [0.2, 0.25) is 0 Å². The number of aliphatic carboxylic acids is 1. The van der Waals surface area contributed by atoms with Crippen molar-refractivity contribution >= 4 is 17.9 Å². The molecule has 7 nitrogen and oxygen atoms in total. The van der Waals surface area contributed by atoms with Crippen LogP contribution in [0.3, 0.4) is 0 Å². The molecule has 0 heterocycles. The normalized spacial score (nSPS) is 11.4. The Hall–Kier alpha value is -3.19. The summed E-state index contributed by atoms with van der Waals surface area (Å²) in [6.07, 6.45) is -0.242. The second-order valence-corrected chi connectivity index (χ2v) is 5.87. The molecule has 7 heteroatoms. The van der Waals surface area contributed by atoms with Crippen LogP contribution in [-0.4, -0.2) is 29.1 Å². The zero-order valence-corrected chi connectivity index (χ0v) is 14.7. The van der Waals surface area contributed by atoms with E-state index >= 15 is 0 Å². The fourth-order valence-electron chi connectivity index (χ4n) is 2.30. The first-order valence-corrected chi connectivity index (χ1v) is 8.40. The van der Waals surface area contributed by atoms with Crippen molar-refractivity contribution in [2.75, 3.05) is 0 Å². The third kappa shape index (κ3) is 6.56. The minimum atomic E-state index is -1.04. The van der Waals surface area contributed by atoms with Gasteiger partial charge in [-0.3, -0.25) is 9.59 Å². The number of hydrogen-bond acceptors (Lipinski definition) is 6. The third-order valence-corrected chi connectivity index (χ3v) is 3.79. The highest BCUT2D eigenvalue weighted by Gasteiger charge is 2.18. The Morgan fingerprint density at radius 3 is 2.30 bits per heavy atom. The van der Waals surface area contributed by atoms with Crippen LogP contribution in [0.5, 0.6) is 0 Å². The monoisotopic (exact) mass is 371 g/mol. The Morgan fingerprint density at radius 1 is 0.926 bits per heavy atom. The summed E-state index contributed by atoms with van der Waals surface area (Å²) in [7, 11) is 0. The number of esters is 2. The first-order valence-electron chi connectivity index (χ1n) is 8.40. The van der Waals surface area contributed by atoms with Crippen molar-refractivity contribution in [2.45, 2.75) is 32.1 Å². The van der Waals surface area contributed by atoms with E-state index in [0.717, 1.165) is 5.56 Å². The molecule has 3 N–H and O–H groups in total. The van der Waals surface area contributed by atoms with Crippen LogP contribution in [0.25, 0.3) is 0 Å². The smallest absolute Gasteiger partial charge is 0.338 e. The van der Waals surface area contributed by atoms with Crippen molar-refractivity contribution in [3.05, 3.63) is 71.3 Å². The molecule has 0 aliphatic carbocycles. The maximum absolute atomic E-state index is 12.3. The topological polar surface area (TPSA) is 116 Å². The number of nitrogens with two attached hydrogens (primary N) is 1. The highest BCUT2D eigenvalue weighted by Crippen LogP contribution is 2.14. The van der Waals surface area contributed by atoms with Gasteiger partial charge in [-0.1, -0.05) is 48.5 Å². The standard InChI is InChI=1S/C20H21NO6/c21-17(10-11-18(22)23)20(25)27-13-15-8-4-5-9-16(15)19(24)26-12-14-6-2-1-3-7-14/h1-9,17H,10-13,21H2,(H,22,23)/t17-/m0/s1. The van der Waals surface area contributed by atoms with Crippen molar-refractivity contribution in [3.8, 4) is 0 Å². The molecule has 2 aromatic carbocycles. The molecule has 0 radical (unpaired) electrons. The number of carboxylic acids is 1. The highest BCUT2D eigenvalue weighted by atomic mass is 16.5. The fraction of sp³-hybridized carbons (Fsp3) is 0.250. The van der Waals surface area contributed by atoms with E-state index in [1.165, 1.54) is 0 Å². The minimum Gasteiger partial charge on any atom is -0.481 e. The van der Waals surface area contributed by atoms with Gasteiger partial charge in [-0.15, -0.1) is 0 Å². The average Bonchev–Trinajstić information content (AvgIpc) is 2.69. The Bertz CT molecular complexity index is 790. The van der Waals surface area contributed by atoms with Gasteiger partial charge in [0.2, 0.25) is 0 Å². The quantitative estimate of drug-likeness (QED) is 0.650. The zero-order valence-electron chi connectivity index (χ0n) is 14.7. The first-order chi connectivity index (χ1) is 13.0. The van der Waals surface area contributed by atoms with E-state index in [1.807, 2.05) is 30.3 Å². The lowest BCUT2D eigenvalue weighted by Crippen LogP contribution is -2.32. The minimum absolute atomic E-state index is 0.0189. The van der Waals surface area contributed by atoms with E-state index in [9.17, 15) is 14.4 Å². The molecule has 1 atom stereocenters. The second kappa shape index (κ2) is 10.1. The van der Waals surface area contributed by atoms with Crippen LogP contribution < -0.4 is 5.73 Å². The SMILES string of the molecule is N[C@@H](CCC(=O)O)C(=O)OCc1ccccc1C(=O)OCc1ccccc1. The van der Waals surface area contributed by atoms with Crippen LogP contribution in [-0.2, 0) is 32.3 Å². The van der Waals surface area contributed by atoms with Gasteiger partial charge in [0.15, 0.2) is 0 Å². The van der Waals surface area contributed by atoms with Crippen LogP contribution in [0.4, 0.5) is 0 Å². The predicted octanol–water partition coefficient (Wildman–Crippen LogP) is 2.28. The van der Waals surface area contributed by atoms with Gasteiger partial charge in [0.25, 0.3) is 0 Å². The van der Waals surface area contributed by atoms with Crippen molar-refractivity contribution in [2.24, 2.45) is 5.73 Å². The Kier molecular flexibility index (Phi) is 7.51. The summed E-state index contributed by atoms with van der Waals surface area (Å²) >= 11 is 0. The molecule has 27 heavy (non-hydrogen) atoms. The number of hydrogen-bond donors (Lipinski definition) is 2. The Balaban J connectivity index is 1.93. The van der Waals surface area contributed by atoms with Gasteiger partial charge in [0.05, 0.1) is 5.56 Å². The van der Waals surface area contributed by atoms with Gasteiger partial charge in [0.1, 0.15) is 19.3 Å². The van der Waals surface area contributed by atoms with Gasteiger partial charge < -0.3 is 20.3 Å². The molecule has 0 fully saturated rings. The van der Waals surface area contributed by atoms with Crippen molar-refractivity contribution in [3.63, 3.8) is 0 Å². The largest absolute Gasteiger partial charge is 0.481 e. The van der Waals surface area contributed by atoms with E-state index in [0.29, 0.717) is 11.1 Å². The van der Waals surface area contributed by atoms with E-state index < -0.39 is 23.9 Å². The lowest BCUT2D eigenvalue weighted by Gasteiger charge is -2.13. The highest BCUT2D eigenvalue weighted by molar-refractivity contribution is 5.91. The number of rotatable bonds is 9. The number of ether oxygens (including phenoxy) is 2. The molecule has 2 aromatic rings. The number of carbonyl (C=O) groups excluding carboxylic acids is 2. The van der Waals surface area contributed by atoms with Gasteiger partial charge in [-0.25, -0.2) is 4.79 Å². The lowest BCUT2D eigenvalue weighted by molar-refractivity contribution is -0.147. The molecule has 0 amide bonds. The number of carbonyl (C=O) groups is 3. The molecule has 0 unspecified atom stereocenters. The van der Waals surface area contributed by atoms with Crippen molar-refractivity contribution in [1.29, 1.82) is 0 Å². The van der Waals surface area contributed by atoms with Crippen LogP contribution >= 0.6 is 0 Å². The molecule has 0 saturated heterocycles. The second-order valence-electron chi connectivity index (χ2n) is 5.87. The molecule has 0 aliphatic rings. The molecule has 0 saturated carbocycles. The van der Waals surface area contributed by atoms with Crippen molar-refractivity contribution in [1.82, 2.24) is 0 Å². The van der Waals surface area contributed by atoms with E-state index in [4.69, 9.17) is 20.3 Å². The molecular weight excluding hydrogens is 350 g/mol. The molecule has 0 spiro atoms. The number of carboxylic acid groups (broad SMARTS) is 1. The summed E-state index contributed by atoms with van der Waals surface area (Å²) in [4.78, 5) is 34.7. The van der Waals surface area contributed by atoms with Crippen LogP contribution in [0.1, 0.15) is 34.3 Å². The zero-order chi connectivity index (χ0) is 19.6. The summed E-state index contributed by atoms with van der Waals surface area (Å²) in [5, 5.41) is 8.62. The first kappa shape index (κ1) is 20.1. The average molecular weight is 371 g/mol. The van der Waals surface area contributed by atoms with Gasteiger partial charge >= 0.3 is 17.9 Å². The van der Waals surface area contributed by atoms with E-state index in [2.05, 4.69) is 0 Å². The summed E-state index contributed by atoms with van der Waals surface area (Å²) < 4.78 is 10.4. The van der Waals surface area contributed by atoms with E-state index in [-0.39, 0.29) is 26.1 Å². The molecule has 142 valence electrons. The summed E-state index contributed by atoms with van der Waals surface area (Å²) in [6.45, 7) is -0.0237. The Labute approximate surface area is 156 Å². The molecule has 0 aliphatic heterocycles. The molecule has 0 bridgehead atoms. The third-order valence-electron chi connectivity index (χ3n) is 3.79. The summed E-state index contributed by atoms with van der Waals surface area (Å²) in [6, 6.07) is 14.9. The van der Waals surface area contributed by atoms with Crippen LogP contribution in [0.15, 0.2) is 54.6 Å². The van der Waals surface area contributed by atoms with Crippen LogP contribution in [0, 0.1) is 0 Å². The lowest BCUT2D eigenvalue weighted by atomic mass is 10.1. The maximum Gasteiger partial charge on any atom is 0.338 e. The molecule has 2 rings (SSSR count). The van der Waals surface area contributed by atoms with Crippen molar-refractivity contribution < 1.29 is 29.0 Å².